The standard InChI is InChI=1S/C23H21N3O6/c27-22(24-18-6-10-20(11-7-18)26(29)30)15-31-16-23(28)25-19-8-12-21(13-9-19)32-14-17-4-2-1-3-5-17/h1-13H,14-16H2,(H,24,27)(H,25,28). The third-order valence-corrected chi connectivity index (χ3v) is 4.21. The van der Waals surface area contributed by atoms with Crippen LogP contribution in [-0.4, -0.2) is 30.0 Å². The number of hydrogen-bond donors (Lipinski definition) is 2. The molecule has 2 N–H and O–H groups in total. The summed E-state index contributed by atoms with van der Waals surface area (Å²) in [5, 5.41) is 15.8. The molecule has 0 radical (unpaired) electrons. The van der Waals surface area contributed by atoms with Crippen LogP contribution in [0.25, 0.3) is 0 Å². The Kier molecular flexibility index (Phi) is 7.88. The zero-order chi connectivity index (χ0) is 22.8. The van der Waals surface area contributed by atoms with Gasteiger partial charge >= 0.3 is 0 Å². The zero-order valence-electron chi connectivity index (χ0n) is 17.0. The average molecular weight is 435 g/mol. The van der Waals surface area contributed by atoms with E-state index in [0.29, 0.717) is 23.7 Å². The Balaban J connectivity index is 1.36. The van der Waals surface area contributed by atoms with E-state index in [2.05, 4.69) is 10.6 Å². The molecule has 0 saturated carbocycles. The first-order valence-electron chi connectivity index (χ1n) is 9.68. The van der Waals surface area contributed by atoms with E-state index < -0.39 is 16.7 Å². The summed E-state index contributed by atoms with van der Waals surface area (Å²) in [5.41, 5.74) is 1.94. The summed E-state index contributed by atoms with van der Waals surface area (Å²) >= 11 is 0. The molecule has 0 bridgehead atoms. The van der Waals surface area contributed by atoms with Crippen LogP contribution in [0.5, 0.6) is 5.75 Å². The van der Waals surface area contributed by atoms with Gasteiger partial charge in [-0.1, -0.05) is 30.3 Å². The van der Waals surface area contributed by atoms with Crippen molar-refractivity contribution in [3.05, 3.63) is 94.5 Å². The Morgan fingerprint density at radius 3 is 1.84 bits per heavy atom. The fourth-order valence-electron chi connectivity index (χ4n) is 2.67. The van der Waals surface area contributed by atoms with Crippen molar-refractivity contribution >= 4 is 28.9 Å². The van der Waals surface area contributed by atoms with E-state index in [1.54, 1.807) is 24.3 Å². The summed E-state index contributed by atoms with van der Waals surface area (Å²) in [6.07, 6.45) is 0. The van der Waals surface area contributed by atoms with Gasteiger partial charge in [0.25, 0.3) is 5.69 Å². The lowest BCUT2D eigenvalue weighted by atomic mass is 10.2. The second-order valence-electron chi connectivity index (χ2n) is 6.69. The van der Waals surface area contributed by atoms with Crippen molar-refractivity contribution in [3.8, 4) is 5.75 Å². The Morgan fingerprint density at radius 2 is 1.31 bits per heavy atom. The van der Waals surface area contributed by atoms with Gasteiger partial charge < -0.3 is 20.1 Å². The van der Waals surface area contributed by atoms with E-state index >= 15 is 0 Å². The van der Waals surface area contributed by atoms with Gasteiger partial charge in [0.2, 0.25) is 11.8 Å². The Morgan fingerprint density at radius 1 is 0.781 bits per heavy atom. The molecule has 0 aliphatic rings. The van der Waals surface area contributed by atoms with Gasteiger partial charge in [0, 0.05) is 23.5 Å². The molecule has 2 amide bonds. The molecule has 3 rings (SSSR count). The van der Waals surface area contributed by atoms with Gasteiger partial charge in [0.05, 0.1) is 4.92 Å². The van der Waals surface area contributed by atoms with E-state index in [9.17, 15) is 19.7 Å². The molecule has 0 saturated heterocycles. The lowest BCUT2D eigenvalue weighted by Crippen LogP contribution is -2.23. The molecule has 0 aliphatic heterocycles. The third-order valence-electron chi connectivity index (χ3n) is 4.21. The van der Waals surface area contributed by atoms with Gasteiger partial charge in [-0.25, -0.2) is 0 Å². The zero-order valence-corrected chi connectivity index (χ0v) is 17.0. The largest absolute Gasteiger partial charge is 0.489 e. The highest BCUT2D eigenvalue weighted by Crippen LogP contribution is 2.17. The van der Waals surface area contributed by atoms with Crippen molar-refractivity contribution in [2.45, 2.75) is 6.61 Å². The molecule has 3 aromatic carbocycles. The number of ether oxygens (including phenoxy) is 2. The lowest BCUT2D eigenvalue weighted by Gasteiger charge is -2.09. The van der Waals surface area contributed by atoms with Crippen LogP contribution >= 0.6 is 0 Å². The maximum Gasteiger partial charge on any atom is 0.269 e. The van der Waals surface area contributed by atoms with E-state index in [1.165, 1.54) is 24.3 Å². The minimum atomic E-state index is -0.529. The summed E-state index contributed by atoms with van der Waals surface area (Å²) in [7, 11) is 0. The van der Waals surface area contributed by atoms with Crippen LogP contribution in [0.3, 0.4) is 0 Å². The molecule has 164 valence electrons. The smallest absolute Gasteiger partial charge is 0.269 e. The van der Waals surface area contributed by atoms with Crippen LogP contribution in [0, 0.1) is 10.1 Å². The number of benzene rings is 3. The first-order chi connectivity index (χ1) is 15.5. The number of rotatable bonds is 10. The number of nitro groups is 1. The maximum atomic E-state index is 12.0. The Bertz CT molecular complexity index is 1050. The second-order valence-corrected chi connectivity index (χ2v) is 6.69. The van der Waals surface area contributed by atoms with Crippen molar-refractivity contribution in [2.75, 3.05) is 23.8 Å². The second kappa shape index (κ2) is 11.2. The van der Waals surface area contributed by atoms with E-state index in [4.69, 9.17) is 9.47 Å². The average Bonchev–Trinajstić information content (AvgIpc) is 2.79. The van der Waals surface area contributed by atoms with E-state index in [0.717, 1.165) is 5.56 Å². The Labute approximate surface area is 184 Å². The fraction of sp³-hybridized carbons (Fsp3) is 0.130. The number of nitro benzene ring substituents is 1. The number of nitrogens with zero attached hydrogens (tertiary/aromatic N) is 1. The molecule has 0 fully saturated rings. The predicted octanol–water partition coefficient (Wildman–Crippen LogP) is 3.77. The number of amides is 2. The first-order valence-corrected chi connectivity index (χ1v) is 9.68. The highest BCUT2D eigenvalue weighted by atomic mass is 16.6. The molecular formula is C23H21N3O6. The van der Waals surface area contributed by atoms with E-state index in [1.807, 2.05) is 30.3 Å². The van der Waals surface area contributed by atoms with Crippen LogP contribution in [0.2, 0.25) is 0 Å². The molecule has 0 unspecified atom stereocenters. The van der Waals surface area contributed by atoms with E-state index in [-0.39, 0.29) is 18.9 Å². The van der Waals surface area contributed by atoms with Gasteiger partial charge in [-0.2, -0.15) is 0 Å². The summed E-state index contributed by atoms with van der Waals surface area (Å²) in [6.45, 7) is -0.196. The fourth-order valence-corrected chi connectivity index (χ4v) is 2.67. The molecule has 0 aliphatic carbocycles. The van der Waals surface area contributed by atoms with Crippen molar-refractivity contribution in [2.24, 2.45) is 0 Å². The number of hydrogen-bond acceptors (Lipinski definition) is 6. The molecule has 9 heteroatoms. The van der Waals surface area contributed by atoms with Crippen LogP contribution in [-0.2, 0) is 20.9 Å². The number of non-ortho nitro benzene ring substituents is 1. The van der Waals surface area contributed by atoms with Crippen LogP contribution in [0.15, 0.2) is 78.9 Å². The topological polar surface area (TPSA) is 120 Å². The number of carbonyl (C=O) groups is 2. The normalized spacial score (nSPS) is 10.2. The molecule has 0 heterocycles. The number of anilines is 2. The quantitative estimate of drug-likeness (QED) is 0.370. The number of carbonyl (C=O) groups excluding carboxylic acids is 2. The van der Waals surface area contributed by atoms with Gasteiger partial charge in [-0.3, -0.25) is 19.7 Å². The van der Waals surface area contributed by atoms with Crippen LogP contribution in [0.4, 0.5) is 17.1 Å². The predicted molar refractivity (Wildman–Crippen MR) is 118 cm³/mol. The summed E-state index contributed by atoms with van der Waals surface area (Å²) in [5.74, 6) is -0.219. The maximum absolute atomic E-state index is 12.0. The van der Waals surface area contributed by atoms with Gasteiger partial charge in [0.15, 0.2) is 0 Å². The van der Waals surface area contributed by atoms with Crippen molar-refractivity contribution in [3.63, 3.8) is 0 Å². The molecular weight excluding hydrogens is 414 g/mol. The van der Waals surface area contributed by atoms with Gasteiger partial charge in [0.1, 0.15) is 25.6 Å². The van der Waals surface area contributed by atoms with Crippen LogP contribution < -0.4 is 15.4 Å². The van der Waals surface area contributed by atoms with Crippen LogP contribution in [0.1, 0.15) is 5.56 Å². The summed E-state index contributed by atoms with van der Waals surface area (Å²) < 4.78 is 10.8. The molecule has 9 nitrogen and oxygen atoms in total. The molecule has 3 aromatic rings. The van der Waals surface area contributed by atoms with Gasteiger partial charge in [-0.05, 0) is 42.0 Å². The van der Waals surface area contributed by atoms with Gasteiger partial charge in [-0.15, -0.1) is 0 Å². The molecule has 0 aromatic heterocycles. The highest BCUT2D eigenvalue weighted by molar-refractivity contribution is 5.93. The minimum Gasteiger partial charge on any atom is -0.489 e. The highest BCUT2D eigenvalue weighted by Gasteiger charge is 2.08. The van der Waals surface area contributed by atoms with Crippen molar-refractivity contribution in [1.29, 1.82) is 0 Å². The third kappa shape index (κ3) is 7.22. The molecule has 0 atom stereocenters. The lowest BCUT2D eigenvalue weighted by molar-refractivity contribution is -0.384. The molecule has 32 heavy (non-hydrogen) atoms. The van der Waals surface area contributed by atoms with Crippen molar-refractivity contribution in [1.82, 2.24) is 0 Å². The molecule has 0 spiro atoms. The summed E-state index contributed by atoms with van der Waals surface area (Å²) in [4.78, 5) is 33.9. The van der Waals surface area contributed by atoms with Crippen molar-refractivity contribution < 1.29 is 24.0 Å². The first kappa shape index (κ1) is 22.4. The minimum absolute atomic E-state index is 0.0771. The summed E-state index contributed by atoms with van der Waals surface area (Å²) in [6, 6.07) is 22.1. The SMILES string of the molecule is O=C(COCC(=O)Nc1ccc([N+](=O)[O-])cc1)Nc1ccc(OCc2ccccc2)cc1. The Hall–Kier alpha value is -4.24. The monoisotopic (exact) mass is 435 g/mol. The number of nitrogens with one attached hydrogen (secondary N) is 2.